The van der Waals surface area contributed by atoms with Crippen LogP contribution in [0.2, 0.25) is 0 Å². The Morgan fingerprint density at radius 2 is 1.83 bits per heavy atom. The number of benzene rings is 1. The first-order valence-electron chi connectivity index (χ1n) is 5.93. The van der Waals surface area contributed by atoms with Crippen LogP contribution < -0.4 is 0 Å². The number of nitrogens with zero attached hydrogens (tertiary/aromatic N) is 1. The number of carboxylic acids is 1. The molecule has 0 fully saturated rings. The maximum Gasteiger partial charge on any atom is 0.323 e. The van der Waals surface area contributed by atoms with Crippen molar-refractivity contribution in [2.45, 2.75) is 33.7 Å². The largest absolute Gasteiger partial charge is 0.480 e. The summed E-state index contributed by atoms with van der Waals surface area (Å²) in [5.41, 5.74) is 2.67. The van der Waals surface area contributed by atoms with Crippen molar-refractivity contribution < 1.29 is 14.7 Å². The maximum absolute atomic E-state index is 12.2. The Kier molecular flexibility index (Phi) is 4.48. The predicted octanol–water partition coefficient (Wildman–Crippen LogP) is 2.24. The summed E-state index contributed by atoms with van der Waals surface area (Å²) in [6, 6.07) is 5.27. The van der Waals surface area contributed by atoms with E-state index in [9.17, 15) is 9.59 Å². The Hall–Kier alpha value is -1.84. The van der Waals surface area contributed by atoms with Gasteiger partial charge in [0.2, 0.25) is 0 Å². The number of carbonyl (C=O) groups is 2. The highest BCUT2D eigenvalue weighted by molar-refractivity contribution is 5.96. The SMILES string of the molecule is Cc1ccc(C(=O)N(CC(=O)O)C(C)C)cc1C. The molecule has 0 saturated heterocycles. The van der Waals surface area contributed by atoms with E-state index >= 15 is 0 Å². The number of rotatable bonds is 4. The second-order valence-electron chi connectivity index (χ2n) is 4.72. The molecule has 98 valence electrons. The molecule has 0 aliphatic rings. The molecule has 0 atom stereocenters. The molecule has 0 bridgehead atoms. The number of aliphatic carboxylic acids is 1. The van der Waals surface area contributed by atoms with Crippen LogP contribution >= 0.6 is 0 Å². The highest BCUT2D eigenvalue weighted by atomic mass is 16.4. The van der Waals surface area contributed by atoms with Crippen molar-refractivity contribution in [3.8, 4) is 0 Å². The first-order valence-corrected chi connectivity index (χ1v) is 5.93. The van der Waals surface area contributed by atoms with Crippen LogP contribution in [0.5, 0.6) is 0 Å². The number of aryl methyl sites for hydroxylation is 2. The number of carbonyl (C=O) groups excluding carboxylic acids is 1. The second kappa shape index (κ2) is 5.67. The van der Waals surface area contributed by atoms with Gasteiger partial charge in [0.15, 0.2) is 0 Å². The van der Waals surface area contributed by atoms with Crippen LogP contribution in [0.4, 0.5) is 0 Å². The lowest BCUT2D eigenvalue weighted by molar-refractivity contribution is -0.138. The fraction of sp³-hybridized carbons (Fsp3) is 0.429. The van der Waals surface area contributed by atoms with E-state index in [1.807, 2.05) is 33.8 Å². The highest BCUT2D eigenvalue weighted by Gasteiger charge is 2.21. The maximum atomic E-state index is 12.2. The topological polar surface area (TPSA) is 57.6 Å². The number of amides is 1. The molecular formula is C14H19NO3. The summed E-state index contributed by atoms with van der Waals surface area (Å²) in [4.78, 5) is 24.4. The van der Waals surface area contributed by atoms with Gasteiger partial charge in [0.25, 0.3) is 5.91 Å². The lowest BCUT2D eigenvalue weighted by Crippen LogP contribution is -2.40. The number of hydrogen-bond acceptors (Lipinski definition) is 2. The van der Waals surface area contributed by atoms with Crippen LogP contribution in [-0.4, -0.2) is 34.5 Å². The Balaban J connectivity index is 3.02. The van der Waals surface area contributed by atoms with Gasteiger partial charge in [-0.05, 0) is 51.0 Å². The molecule has 0 aliphatic heterocycles. The van der Waals surface area contributed by atoms with Crippen molar-refractivity contribution in [1.29, 1.82) is 0 Å². The molecule has 1 aromatic carbocycles. The highest BCUT2D eigenvalue weighted by Crippen LogP contribution is 2.13. The summed E-state index contributed by atoms with van der Waals surface area (Å²) in [6.07, 6.45) is 0. The van der Waals surface area contributed by atoms with Crippen molar-refractivity contribution in [2.24, 2.45) is 0 Å². The lowest BCUT2D eigenvalue weighted by atomic mass is 10.1. The van der Waals surface area contributed by atoms with Crippen LogP contribution in [0.3, 0.4) is 0 Å². The van der Waals surface area contributed by atoms with Crippen LogP contribution in [0.1, 0.15) is 35.3 Å². The third-order valence-electron chi connectivity index (χ3n) is 2.94. The minimum atomic E-state index is -0.999. The molecule has 18 heavy (non-hydrogen) atoms. The molecule has 1 N–H and O–H groups in total. The van der Waals surface area contributed by atoms with Crippen molar-refractivity contribution in [3.05, 3.63) is 34.9 Å². The van der Waals surface area contributed by atoms with Crippen LogP contribution in [0.25, 0.3) is 0 Å². The van der Waals surface area contributed by atoms with Gasteiger partial charge in [-0.2, -0.15) is 0 Å². The molecule has 0 unspecified atom stereocenters. The summed E-state index contributed by atoms with van der Waals surface area (Å²) in [5.74, 6) is -1.24. The van der Waals surface area contributed by atoms with E-state index < -0.39 is 5.97 Å². The van der Waals surface area contributed by atoms with Gasteiger partial charge >= 0.3 is 5.97 Å². The van der Waals surface area contributed by atoms with Crippen LogP contribution in [0.15, 0.2) is 18.2 Å². The van der Waals surface area contributed by atoms with E-state index in [1.165, 1.54) is 4.90 Å². The molecule has 0 heterocycles. The molecule has 1 rings (SSSR count). The van der Waals surface area contributed by atoms with E-state index in [0.29, 0.717) is 5.56 Å². The predicted molar refractivity (Wildman–Crippen MR) is 69.7 cm³/mol. The Bertz CT molecular complexity index is 466. The van der Waals surface area contributed by atoms with E-state index in [-0.39, 0.29) is 18.5 Å². The van der Waals surface area contributed by atoms with Gasteiger partial charge in [-0.1, -0.05) is 6.07 Å². The minimum Gasteiger partial charge on any atom is -0.480 e. The molecule has 4 heteroatoms. The standard InChI is InChI=1S/C14H19NO3/c1-9(2)15(8-13(16)17)14(18)12-6-5-10(3)11(4)7-12/h5-7,9H,8H2,1-4H3,(H,16,17). The number of hydrogen-bond donors (Lipinski definition) is 1. The van der Waals surface area contributed by atoms with E-state index in [4.69, 9.17) is 5.11 Å². The smallest absolute Gasteiger partial charge is 0.323 e. The first kappa shape index (κ1) is 14.2. The van der Waals surface area contributed by atoms with Crippen molar-refractivity contribution in [3.63, 3.8) is 0 Å². The zero-order chi connectivity index (χ0) is 13.9. The molecule has 0 aliphatic carbocycles. The van der Waals surface area contributed by atoms with Gasteiger partial charge in [-0.15, -0.1) is 0 Å². The fourth-order valence-corrected chi connectivity index (χ4v) is 1.67. The molecule has 0 saturated carbocycles. The minimum absolute atomic E-state index is 0.143. The molecule has 1 aromatic rings. The van der Waals surface area contributed by atoms with Crippen molar-refractivity contribution >= 4 is 11.9 Å². The summed E-state index contributed by atoms with van der Waals surface area (Å²) in [6.45, 7) is 7.25. The third-order valence-corrected chi connectivity index (χ3v) is 2.94. The average Bonchev–Trinajstić information content (AvgIpc) is 2.28. The normalized spacial score (nSPS) is 10.5. The van der Waals surface area contributed by atoms with Gasteiger partial charge in [-0.3, -0.25) is 9.59 Å². The third kappa shape index (κ3) is 3.32. The zero-order valence-corrected chi connectivity index (χ0v) is 11.2. The van der Waals surface area contributed by atoms with Crippen molar-refractivity contribution in [1.82, 2.24) is 4.90 Å². The van der Waals surface area contributed by atoms with E-state index in [0.717, 1.165) is 11.1 Å². The van der Waals surface area contributed by atoms with Crippen LogP contribution in [-0.2, 0) is 4.79 Å². The molecular weight excluding hydrogens is 230 g/mol. The molecule has 0 radical (unpaired) electrons. The fourth-order valence-electron chi connectivity index (χ4n) is 1.67. The molecule has 4 nitrogen and oxygen atoms in total. The second-order valence-corrected chi connectivity index (χ2v) is 4.72. The first-order chi connectivity index (χ1) is 8.32. The molecule has 0 spiro atoms. The average molecular weight is 249 g/mol. The van der Waals surface area contributed by atoms with Gasteiger partial charge in [0, 0.05) is 11.6 Å². The zero-order valence-electron chi connectivity index (χ0n) is 11.2. The Labute approximate surface area is 107 Å². The van der Waals surface area contributed by atoms with Gasteiger partial charge in [-0.25, -0.2) is 0 Å². The quantitative estimate of drug-likeness (QED) is 0.890. The van der Waals surface area contributed by atoms with Gasteiger partial charge in [0.05, 0.1) is 0 Å². The van der Waals surface area contributed by atoms with Crippen LogP contribution in [0, 0.1) is 13.8 Å². The lowest BCUT2D eigenvalue weighted by Gasteiger charge is -2.25. The Morgan fingerprint density at radius 3 is 2.28 bits per heavy atom. The van der Waals surface area contributed by atoms with E-state index in [2.05, 4.69) is 0 Å². The summed E-state index contributed by atoms with van der Waals surface area (Å²) < 4.78 is 0. The summed E-state index contributed by atoms with van der Waals surface area (Å²) >= 11 is 0. The van der Waals surface area contributed by atoms with E-state index in [1.54, 1.807) is 12.1 Å². The van der Waals surface area contributed by atoms with Crippen molar-refractivity contribution in [2.75, 3.05) is 6.54 Å². The summed E-state index contributed by atoms with van der Waals surface area (Å²) in [7, 11) is 0. The molecule has 0 aromatic heterocycles. The number of carboxylic acid groups (broad SMARTS) is 1. The summed E-state index contributed by atoms with van der Waals surface area (Å²) in [5, 5.41) is 8.83. The van der Waals surface area contributed by atoms with Gasteiger partial charge < -0.3 is 10.0 Å². The Morgan fingerprint density at radius 1 is 1.22 bits per heavy atom. The molecule has 1 amide bonds. The van der Waals surface area contributed by atoms with Gasteiger partial charge in [0.1, 0.15) is 6.54 Å². The monoisotopic (exact) mass is 249 g/mol.